The van der Waals surface area contributed by atoms with E-state index >= 15 is 0 Å². The topological polar surface area (TPSA) is 94.0 Å². The Morgan fingerprint density at radius 3 is 0.700 bits per heavy atom. The smallest absolute Gasteiger partial charge is 0.238 e. The van der Waals surface area contributed by atoms with Crippen LogP contribution in [0, 0.1) is 0 Å². The molecule has 0 aliphatic heterocycles. The van der Waals surface area contributed by atoms with Crippen LogP contribution in [0.1, 0.15) is 0 Å². The standard InChI is InChI=1S/2C47H31N3.C45H29N5/c1-4-14-32(15-5-1)36-29-42(33-16-6-2-7-17-33)48-47(31-36)50-44-23-13-10-20-38(44)40-26-24-35(30-46(40)50)34-25-27-45-41(28-34)39-21-11-12-22-43(39)49(45)37-18-8-3-9-19-37;1-4-14-32(15-5-1)42-30-37(31-43(48-42)33-16-6-2-7-17-33)50-44-22-12-10-20-38(44)40-26-24-35(29-47(40)50)34-25-27-46-41(28-34)39-21-11-13-23-45(39)49(46)36-18-8-3-9-19-36;1-4-14-30(15-5-1)43-46-44(31-16-6-2-7-17-31)48-45(47-43)50-40-23-13-10-20-35(40)37-26-24-33(29-42(37)50)32-25-27-41-38(28-32)36-21-11-12-22-39(36)49(41)34-18-8-3-9-19-34/h2*1-31H;1-29H. The maximum atomic E-state index is 5.34. The zero-order valence-corrected chi connectivity index (χ0v) is 81.5. The molecule has 0 aliphatic rings. The second kappa shape index (κ2) is 37.2. The van der Waals surface area contributed by atoms with Gasteiger partial charge in [0.05, 0.1) is 89.0 Å². The highest BCUT2D eigenvalue weighted by Gasteiger charge is 2.26. The van der Waals surface area contributed by atoms with Crippen LogP contribution in [-0.4, -0.2) is 52.3 Å². The summed E-state index contributed by atoms with van der Waals surface area (Å²) in [5, 5.41) is 14.6. The number of benzene rings is 21. The minimum Gasteiger partial charge on any atom is -0.309 e. The molecule has 21 aromatic carbocycles. The molecule has 0 unspecified atom stereocenters. The summed E-state index contributed by atoms with van der Waals surface area (Å²) in [5.41, 5.74) is 35.8. The summed E-state index contributed by atoms with van der Waals surface area (Å²) in [6, 6.07) is 196. The van der Waals surface area contributed by atoms with Gasteiger partial charge in [-0.05, 0) is 196 Å². The number of hydrogen-bond acceptors (Lipinski definition) is 5. The molecule has 30 rings (SSSR count). The van der Waals surface area contributed by atoms with Crippen molar-refractivity contribution < 1.29 is 0 Å². The quantitative estimate of drug-likeness (QED) is 0.102. The Balaban J connectivity index is 0.000000108. The predicted molar refractivity (Wildman–Crippen MR) is 623 cm³/mol. The molecule has 9 aromatic heterocycles. The molecule has 0 N–H and O–H groups in total. The van der Waals surface area contributed by atoms with Crippen molar-refractivity contribution in [3.63, 3.8) is 0 Å². The first kappa shape index (κ1) is 87.5. The van der Waals surface area contributed by atoms with Gasteiger partial charge in [0.2, 0.25) is 5.95 Å². The zero-order valence-electron chi connectivity index (χ0n) is 81.5. The maximum absolute atomic E-state index is 5.34. The number of fused-ring (bicyclic) bond motifs is 18. The van der Waals surface area contributed by atoms with Crippen LogP contribution in [0.5, 0.6) is 0 Å². The van der Waals surface area contributed by atoms with Gasteiger partial charge in [0.1, 0.15) is 5.82 Å². The summed E-state index contributed by atoms with van der Waals surface area (Å²) in [7, 11) is 0. The molecular weight excluding hydrogens is 1820 g/mol. The van der Waals surface area contributed by atoms with Gasteiger partial charge in [-0.2, -0.15) is 9.97 Å². The molecule has 0 bridgehead atoms. The van der Waals surface area contributed by atoms with E-state index in [2.05, 4.69) is 519 Å². The first-order chi connectivity index (χ1) is 74.4. The van der Waals surface area contributed by atoms with Gasteiger partial charge >= 0.3 is 0 Å². The molecule has 0 amide bonds. The Bertz CT molecular complexity index is 9320. The summed E-state index contributed by atoms with van der Waals surface area (Å²) in [5.74, 6) is 2.76. The molecule has 0 fully saturated rings. The highest BCUT2D eigenvalue weighted by atomic mass is 15.2. The molecule has 702 valence electrons. The molecule has 30 aromatic rings. The fraction of sp³-hybridized carbons (Fsp3) is 0. The molecule has 0 saturated heterocycles. The molecule has 11 heteroatoms. The first-order valence-corrected chi connectivity index (χ1v) is 50.9. The molecule has 11 nitrogen and oxygen atoms in total. The summed E-state index contributed by atoms with van der Waals surface area (Å²) < 4.78 is 14.0. The van der Waals surface area contributed by atoms with Crippen LogP contribution in [0.3, 0.4) is 0 Å². The number of rotatable bonds is 15. The summed E-state index contributed by atoms with van der Waals surface area (Å²) in [6.07, 6.45) is 0. The number of para-hydroxylation sites is 9. The normalized spacial score (nSPS) is 11.6. The fourth-order valence-electron chi connectivity index (χ4n) is 22.5. The van der Waals surface area contributed by atoms with Crippen molar-refractivity contribution in [3.8, 4) is 136 Å². The van der Waals surface area contributed by atoms with E-state index in [9.17, 15) is 0 Å². The molecule has 0 atom stereocenters. The Kier molecular flexibility index (Phi) is 21.7. The Labute approximate surface area is 864 Å². The van der Waals surface area contributed by atoms with E-state index in [1.54, 1.807) is 0 Å². The Morgan fingerprint density at radius 1 is 0.113 bits per heavy atom. The van der Waals surface area contributed by atoms with Gasteiger partial charge in [-0.1, -0.05) is 400 Å². The highest BCUT2D eigenvalue weighted by Crippen LogP contribution is 2.46. The minimum absolute atomic E-state index is 0.586. The average Bonchev–Trinajstić information content (AvgIpc) is 1.59. The molecular formula is C139H91N11. The van der Waals surface area contributed by atoms with E-state index < -0.39 is 0 Å². The summed E-state index contributed by atoms with van der Waals surface area (Å²) >= 11 is 0. The first-order valence-electron chi connectivity index (χ1n) is 50.9. The monoisotopic (exact) mass is 1910 g/mol. The fourth-order valence-corrected chi connectivity index (χ4v) is 22.5. The zero-order chi connectivity index (χ0) is 99.1. The van der Waals surface area contributed by atoms with Gasteiger partial charge in [0, 0.05) is 110 Å². The van der Waals surface area contributed by atoms with Gasteiger partial charge in [0.25, 0.3) is 0 Å². The Hall–Kier alpha value is -20.3. The van der Waals surface area contributed by atoms with Crippen LogP contribution in [0.25, 0.3) is 266 Å². The SMILES string of the molecule is c1ccc(-c2cc(-c3ccccc3)nc(-n3c4ccccc4c4ccc(-c5ccc6c(c5)c5ccccc5n6-c5ccccc5)cc43)c2)cc1.c1ccc(-c2cc(-n3c4ccccc4c4ccc(-c5ccc6c(c5)c5ccccc5n6-c5ccccc5)cc43)cc(-c3ccccc3)n2)cc1.c1ccc(-c2nc(-c3ccccc3)nc(-n3c4ccccc4c4ccc(-c5ccc6c(c5)c5ccccc5n6-c5ccccc5)cc43)n2)cc1. The lowest BCUT2D eigenvalue weighted by Crippen LogP contribution is -2.06. The van der Waals surface area contributed by atoms with Crippen LogP contribution in [0.4, 0.5) is 0 Å². The Morgan fingerprint density at radius 2 is 0.353 bits per heavy atom. The van der Waals surface area contributed by atoms with Crippen LogP contribution in [0.15, 0.2) is 552 Å². The third-order valence-corrected chi connectivity index (χ3v) is 29.4. The lowest BCUT2D eigenvalue weighted by atomic mass is 10.0. The van der Waals surface area contributed by atoms with E-state index in [1.807, 2.05) is 60.7 Å². The van der Waals surface area contributed by atoms with Crippen molar-refractivity contribution >= 4 is 131 Å². The lowest BCUT2D eigenvalue weighted by molar-refractivity contribution is 0.953. The third kappa shape index (κ3) is 15.5. The van der Waals surface area contributed by atoms with Gasteiger partial charge < -0.3 is 18.3 Å². The van der Waals surface area contributed by atoms with Gasteiger partial charge in [-0.25, -0.2) is 15.0 Å². The van der Waals surface area contributed by atoms with Crippen molar-refractivity contribution in [1.82, 2.24) is 52.3 Å². The molecule has 9 heterocycles. The van der Waals surface area contributed by atoms with E-state index in [1.165, 1.54) is 126 Å². The van der Waals surface area contributed by atoms with Crippen molar-refractivity contribution in [2.75, 3.05) is 0 Å². The number of aromatic nitrogens is 11. The largest absolute Gasteiger partial charge is 0.309 e. The summed E-state index contributed by atoms with van der Waals surface area (Å²) in [6.45, 7) is 0. The van der Waals surface area contributed by atoms with E-state index in [0.717, 1.165) is 123 Å². The molecule has 0 spiro atoms. The molecule has 0 saturated carbocycles. The van der Waals surface area contributed by atoms with E-state index in [0.29, 0.717) is 17.6 Å². The van der Waals surface area contributed by atoms with Crippen LogP contribution < -0.4 is 0 Å². The second-order valence-corrected chi connectivity index (χ2v) is 38.2. The van der Waals surface area contributed by atoms with E-state index in [4.69, 9.17) is 24.9 Å². The number of hydrogen-bond donors (Lipinski definition) is 0. The number of nitrogens with zero attached hydrogens (tertiary/aromatic N) is 11. The minimum atomic E-state index is 0.586. The van der Waals surface area contributed by atoms with Gasteiger partial charge in [-0.3, -0.25) is 9.13 Å². The van der Waals surface area contributed by atoms with Gasteiger partial charge in [-0.15, -0.1) is 0 Å². The molecule has 0 aliphatic carbocycles. The predicted octanol–water partition coefficient (Wildman–Crippen LogP) is 35.6. The maximum Gasteiger partial charge on any atom is 0.238 e. The van der Waals surface area contributed by atoms with Crippen molar-refractivity contribution in [2.45, 2.75) is 0 Å². The van der Waals surface area contributed by atoms with Crippen LogP contribution in [-0.2, 0) is 0 Å². The van der Waals surface area contributed by atoms with Crippen LogP contribution in [0.2, 0.25) is 0 Å². The number of pyridine rings is 2. The molecule has 150 heavy (non-hydrogen) atoms. The van der Waals surface area contributed by atoms with Crippen molar-refractivity contribution in [2.24, 2.45) is 0 Å². The van der Waals surface area contributed by atoms with Gasteiger partial charge in [0.15, 0.2) is 11.6 Å². The molecule has 0 radical (unpaired) electrons. The lowest BCUT2D eigenvalue weighted by Gasteiger charge is -2.14. The summed E-state index contributed by atoms with van der Waals surface area (Å²) in [4.78, 5) is 25.7. The van der Waals surface area contributed by atoms with E-state index in [-0.39, 0.29) is 0 Å². The third-order valence-electron chi connectivity index (χ3n) is 29.4. The average molecular weight is 1920 g/mol. The highest BCUT2D eigenvalue weighted by molar-refractivity contribution is 6.17. The second-order valence-electron chi connectivity index (χ2n) is 38.2. The van der Waals surface area contributed by atoms with Crippen LogP contribution >= 0.6 is 0 Å². The van der Waals surface area contributed by atoms with Crippen molar-refractivity contribution in [1.29, 1.82) is 0 Å². The van der Waals surface area contributed by atoms with Crippen molar-refractivity contribution in [3.05, 3.63) is 552 Å².